The molecule has 0 unspecified atom stereocenters. The summed E-state index contributed by atoms with van der Waals surface area (Å²) in [5.74, 6) is 0.514. The van der Waals surface area contributed by atoms with Crippen LogP contribution >= 0.6 is 15.9 Å². The molecule has 3 rings (SSSR count). The molecule has 0 saturated heterocycles. The Labute approximate surface area is 122 Å². The van der Waals surface area contributed by atoms with Gasteiger partial charge in [0.05, 0.1) is 16.2 Å². The van der Waals surface area contributed by atoms with Crippen LogP contribution in [0, 0.1) is 10.1 Å². The standard InChI is InChI=1S/C13H10BrN3O3/c14-10-11(7-5-6-7)15-12(16-13(10)18)8-3-1-2-4-9(8)17(19)20/h1-4,7H,5-6H2,(H,15,16,18). The normalized spacial score (nSPS) is 14.2. The number of aromatic amines is 1. The third-order valence-corrected chi connectivity index (χ3v) is 3.97. The quantitative estimate of drug-likeness (QED) is 0.689. The van der Waals surface area contributed by atoms with E-state index in [9.17, 15) is 14.9 Å². The lowest BCUT2D eigenvalue weighted by Gasteiger charge is -2.06. The average molecular weight is 336 g/mol. The molecule has 1 fully saturated rings. The van der Waals surface area contributed by atoms with E-state index in [-0.39, 0.29) is 23.0 Å². The van der Waals surface area contributed by atoms with Crippen LogP contribution in [0.5, 0.6) is 0 Å². The van der Waals surface area contributed by atoms with Crippen molar-refractivity contribution in [2.45, 2.75) is 18.8 Å². The summed E-state index contributed by atoms with van der Waals surface area (Å²) in [6, 6.07) is 6.25. The maximum Gasteiger partial charge on any atom is 0.280 e. The van der Waals surface area contributed by atoms with Gasteiger partial charge in [0.15, 0.2) is 0 Å². The van der Waals surface area contributed by atoms with E-state index < -0.39 is 4.92 Å². The number of nitrogens with zero attached hydrogens (tertiary/aromatic N) is 2. The molecular formula is C13H10BrN3O3. The molecule has 1 heterocycles. The lowest BCUT2D eigenvalue weighted by atomic mass is 10.1. The molecule has 0 atom stereocenters. The smallest absolute Gasteiger partial charge is 0.280 e. The highest BCUT2D eigenvalue weighted by atomic mass is 79.9. The van der Waals surface area contributed by atoms with Crippen LogP contribution < -0.4 is 5.56 Å². The number of para-hydroxylation sites is 1. The van der Waals surface area contributed by atoms with Crippen LogP contribution in [0.2, 0.25) is 0 Å². The predicted octanol–water partition coefficient (Wildman–Crippen LogP) is 2.99. The van der Waals surface area contributed by atoms with Crippen LogP contribution in [0.15, 0.2) is 33.5 Å². The van der Waals surface area contributed by atoms with Crippen LogP contribution in [0.1, 0.15) is 24.5 Å². The Kier molecular flexibility index (Phi) is 3.13. The molecule has 0 bridgehead atoms. The lowest BCUT2D eigenvalue weighted by Crippen LogP contribution is -2.13. The van der Waals surface area contributed by atoms with Crippen LogP contribution in [-0.4, -0.2) is 14.9 Å². The number of hydrogen-bond acceptors (Lipinski definition) is 4. The molecule has 1 aromatic heterocycles. The number of H-pyrrole nitrogens is 1. The Bertz CT molecular complexity index is 753. The minimum atomic E-state index is -0.478. The minimum Gasteiger partial charge on any atom is -0.305 e. The average Bonchev–Trinajstić information content (AvgIpc) is 3.26. The fraction of sp³-hybridized carbons (Fsp3) is 0.231. The minimum absolute atomic E-state index is 0.0697. The summed E-state index contributed by atoms with van der Waals surface area (Å²) < 4.78 is 0.419. The van der Waals surface area contributed by atoms with E-state index in [0.717, 1.165) is 12.8 Å². The van der Waals surface area contributed by atoms with E-state index in [4.69, 9.17) is 0 Å². The molecule has 0 spiro atoms. The fourth-order valence-corrected chi connectivity index (χ4v) is 2.58. The highest BCUT2D eigenvalue weighted by molar-refractivity contribution is 9.10. The van der Waals surface area contributed by atoms with Gasteiger partial charge < -0.3 is 4.98 Å². The molecule has 102 valence electrons. The van der Waals surface area contributed by atoms with Gasteiger partial charge in [-0.1, -0.05) is 12.1 Å². The van der Waals surface area contributed by atoms with Crippen LogP contribution in [0.4, 0.5) is 5.69 Å². The van der Waals surface area contributed by atoms with E-state index in [2.05, 4.69) is 25.9 Å². The zero-order valence-corrected chi connectivity index (χ0v) is 11.9. The van der Waals surface area contributed by atoms with Gasteiger partial charge in [0.1, 0.15) is 10.3 Å². The summed E-state index contributed by atoms with van der Waals surface area (Å²) in [5, 5.41) is 11.1. The van der Waals surface area contributed by atoms with Gasteiger partial charge in [-0.2, -0.15) is 0 Å². The summed E-state index contributed by atoms with van der Waals surface area (Å²) in [6.07, 6.45) is 1.98. The van der Waals surface area contributed by atoms with Gasteiger partial charge in [0, 0.05) is 12.0 Å². The molecule has 1 aliphatic rings. The molecule has 7 heteroatoms. The van der Waals surface area contributed by atoms with Gasteiger partial charge in [0.2, 0.25) is 0 Å². The molecule has 0 radical (unpaired) electrons. The SMILES string of the molecule is O=c1[nH]c(-c2ccccc2[N+](=O)[O-])nc(C2CC2)c1Br. The molecule has 0 amide bonds. The monoisotopic (exact) mass is 335 g/mol. The van der Waals surface area contributed by atoms with Crippen molar-refractivity contribution in [2.75, 3.05) is 0 Å². The third kappa shape index (κ3) is 2.24. The summed E-state index contributed by atoms with van der Waals surface area (Å²) in [4.78, 5) is 29.5. The highest BCUT2D eigenvalue weighted by Gasteiger charge is 2.29. The number of nitro benzene ring substituents is 1. The summed E-state index contributed by atoms with van der Waals surface area (Å²) in [5.41, 5.74) is 0.626. The van der Waals surface area contributed by atoms with Crippen molar-refractivity contribution in [3.63, 3.8) is 0 Å². The summed E-state index contributed by atoms with van der Waals surface area (Å²) in [7, 11) is 0. The topological polar surface area (TPSA) is 88.9 Å². The largest absolute Gasteiger partial charge is 0.305 e. The molecule has 1 saturated carbocycles. The number of benzene rings is 1. The molecule has 1 aliphatic carbocycles. The molecule has 0 aliphatic heterocycles. The van der Waals surface area contributed by atoms with E-state index in [1.807, 2.05) is 0 Å². The first kappa shape index (κ1) is 13.0. The zero-order chi connectivity index (χ0) is 14.3. The fourth-order valence-electron chi connectivity index (χ4n) is 2.06. The second-order valence-electron chi connectivity index (χ2n) is 4.66. The second-order valence-corrected chi connectivity index (χ2v) is 5.46. The van der Waals surface area contributed by atoms with Crippen molar-refractivity contribution >= 4 is 21.6 Å². The molecule has 2 aromatic rings. The number of rotatable bonds is 3. The molecule has 20 heavy (non-hydrogen) atoms. The molecular weight excluding hydrogens is 326 g/mol. The Morgan fingerprint density at radius 1 is 1.35 bits per heavy atom. The third-order valence-electron chi connectivity index (χ3n) is 3.21. The van der Waals surface area contributed by atoms with Crippen molar-refractivity contribution in [2.24, 2.45) is 0 Å². The Morgan fingerprint density at radius 3 is 2.70 bits per heavy atom. The van der Waals surface area contributed by atoms with Gasteiger partial charge in [0.25, 0.3) is 11.2 Å². The zero-order valence-electron chi connectivity index (χ0n) is 10.3. The number of hydrogen-bond donors (Lipinski definition) is 1. The highest BCUT2D eigenvalue weighted by Crippen LogP contribution is 2.41. The number of nitro groups is 1. The van der Waals surface area contributed by atoms with Crippen molar-refractivity contribution in [1.82, 2.24) is 9.97 Å². The van der Waals surface area contributed by atoms with Crippen molar-refractivity contribution in [3.05, 3.63) is 54.9 Å². The van der Waals surface area contributed by atoms with Gasteiger partial charge in [-0.15, -0.1) is 0 Å². The van der Waals surface area contributed by atoms with E-state index in [1.54, 1.807) is 18.2 Å². The first-order chi connectivity index (χ1) is 9.58. The summed E-state index contributed by atoms with van der Waals surface area (Å²) >= 11 is 3.23. The first-order valence-corrected chi connectivity index (χ1v) is 6.90. The van der Waals surface area contributed by atoms with Crippen molar-refractivity contribution in [1.29, 1.82) is 0 Å². The lowest BCUT2D eigenvalue weighted by molar-refractivity contribution is -0.384. The van der Waals surface area contributed by atoms with Gasteiger partial charge in [-0.05, 0) is 34.8 Å². The van der Waals surface area contributed by atoms with Crippen LogP contribution in [-0.2, 0) is 0 Å². The Hall–Kier alpha value is -2.02. The number of nitrogens with one attached hydrogen (secondary N) is 1. The number of halogens is 1. The molecule has 1 aromatic carbocycles. The Morgan fingerprint density at radius 2 is 2.05 bits per heavy atom. The maximum absolute atomic E-state index is 11.9. The van der Waals surface area contributed by atoms with Crippen molar-refractivity contribution < 1.29 is 4.92 Å². The van der Waals surface area contributed by atoms with E-state index >= 15 is 0 Å². The molecule has 1 N–H and O–H groups in total. The van der Waals surface area contributed by atoms with Crippen LogP contribution in [0.3, 0.4) is 0 Å². The van der Waals surface area contributed by atoms with Crippen LogP contribution in [0.25, 0.3) is 11.4 Å². The maximum atomic E-state index is 11.9. The predicted molar refractivity (Wildman–Crippen MR) is 76.6 cm³/mol. The van der Waals surface area contributed by atoms with Gasteiger partial charge in [-0.25, -0.2) is 4.98 Å². The van der Waals surface area contributed by atoms with Gasteiger partial charge >= 0.3 is 0 Å². The van der Waals surface area contributed by atoms with Gasteiger partial charge in [-0.3, -0.25) is 14.9 Å². The second kappa shape index (κ2) is 4.82. The number of aromatic nitrogens is 2. The first-order valence-electron chi connectivity index (χ1n) is 6.11. The van der Waals surface area contributed by atoms with Crippen molar-refractivity contribution in [3.8, 4) is 11.4 Å². The Balaban J connectivity index is 2.20. The summed E-state index contributed by atoms with van der Waals surface area (Å²) in [6.45, 7) is 0. The van der Waals surface area contributed by atoms with E-state index in [1.165, 1.54) is 6.07 Å². The molecule has 6 nitrogen and oxygen atoms in total. The van der Waals surface area contributed by atoms with E-state index in [0.29, 0.717) is 15.7 Å².